The second-order valence-corrected chi connectivity index (χ2v) is 6.85. The fraction of sp³-hybridized carbons (Fsp3) is 0.364. The number of nitrogens with zero attached hydrogens (tertiary/aromatic N) is 3. The van der Waals surface area contributed by atoms with Crippen LogP contribution in [0.4, 0.5) is 5.69 Å². The third-order valence-electron chi connectivity index (χ3n) is 5.10. The van der Waals surface area contributed by atoms with Crippen LogP contribution in [-0.2, 0) is 6.54 Å². The van der Waals surface area contributed by atoms with Crippen molar-refractivity contribution in [3.8, 4) is 5.75 Å². The number of benzene rings is 2. The van der Waals surface area contributed by atoms with Crippen LogP contribution in [0.3, 0.4) is 0 Å². The van der Waals surface area contributed by atoms with E-state index in [0.717, 1.165) is 43.5 Å². The summed E-state index contributed by atoms with van der Waals surface area (Å²) < 4.78 is 5.24. The van der Waals surface area contributed by atoms with Crippen molar-refractivity contribution in [3.05, 3.63) is 59.7 Å². The maximum atomic E-state index is 11.8. The van der Waals surface area contributed by atoms with Crippen LogP contribution in [-0.4, -0.2) is 64.2 Å². The molecule has 30 heavy (non-hydrogen) atoms. The molecular weight excluding hydrogens is 493 g/mol. The van der Waals surface area contributed by atoms with Crippen LogP contribution in [0.1, 0.15) is 15.9 Å². The average Bonchev–Trinajstić information content (AvgIpc) is 2.79. The third-order valence-corrected chi connectivity index (χ3v) is 5.10. The highest BCUT2D eigenvalue weighted by Gasteiger charge is 2.20. The third kappa shape index (κ3) is 6.01. The van der Waals surface area contributed by atoms with Crippen LogP contribution in [0.5, 0.6) is 5.75 Å². The lowest BCUT2D eigenvalue weighted by atomic mass is 10.1. The van der Waals surface area contributed by atoms with Crippen LogP contribution < -0.4 is 20.3 Å². The lowest BCUT2D eigenvalue weighted by molar-refractivity contribution is 0.0963. The zero-order valence-electron chi connectivity index (χ0n) is 17.7. The number of methoxy groups -OCH3 is 1. The minimum Gasteiger partial charge on any atom is -0.497 e. The Morgan fingerprint density at radius 3 is 2.40 bits per heavy atom. The Kier molecular flexibility index (Phi) is 9.22. The summed E-state index contributed by atoms with van der Waals surface area (Å²) >= 11 is 0. The van der Waals surface area contributed by atoms with Gasteiger partial charge in [-0.25, -0.2) is 0 Å². The standard InChI is InChI=1S/C22H29N5O2.HI/c1-23-21(28)18-6-4-5-17(15-18)16-25-22(24-2)27-13-11-26(12-14-27)19-7-9-20(29-3)10-8-19;/h4-10,15H,11-14,16H2,1-3H3,(H,23,28)(H,24,25);1H. The number of hydrogen-bond donors (Lipinski definition) is 2. The first kappa shape index (κ1) is 23.8. The molecule has 0 aliphatic carbocycles. The largest absolute Gasteiger partial charge is 0.497 e. The van der Waals surface area contributed by atoms with Crippen molar-refractivity contribution in [1.82, 2.24) is 15.5 Å². The van der Waals surface area contributed by atoms with Crippen molar-refractivity contribution in [2.24, 2.45) is 4.99 Å². The molecule has 2 N–H and O–H groups in total. The van der Waals surface area contributed by atoms with E-state index in [-0.39, 0.29) is 29.9 Å². The molecule has 0 unspecified atom stereocenters. The van der Waals surface area contributed by atoms with Gasteiger partial charge in [0.25, 0.3) is 5.91 Å². The van der Waals surface area contributed by atoms with Crippen LogP contribution in [0, 0.1) is 0 Å². The number of nitrogens with one attached hydrogen (secondary N) is 2. The van der Waals surface area contributed by atoms with Gasteiger partial charge in [0.05, 0.1) is 7.11 Å². The molecule has 0 spiro atoms. The zero-order valence-corrected chi connectivity index (χ0v) is 20.1. The molecule has 0 bridgehead atoms. The maximum Gasteiger partial charge on any atom is 0.251 e. The highest BCUT2D eigenvalue weighted by molar-refractivity contribution is 14.0. The Hall–Kier alpha value is -2.49. The summed E-state index contributed by atoms with van der Waals surface area (Å²) in [5, 5.41) is 6.08. The predicted octanol–water partition coefficient (Wildman–Crippen LogP) is 2.57. The molecular formula is C22H30IN5O2. The normalized spacial score (nSPS) is 14.0. The van der Waals surface area contributed by atoms with Gasteiger partial charge in [0.1, 0.15) is 5.75 Å². The van der Waals surface area contributed by atoms with Gasteiger partial charge >= 0.3 is 0 Å². The first-order valence-electron chi connectivity index (χ1n) is 9.80. The van der Waals surface area contributed by atoms with Gasteiger partial charge in [0.15, 0.2) is 5.96 Å². The Morgan fingerprint density at radius 1 is 1.10 bits per heavy atom. The van der Waals surface area contributed by atoms with Gasteiger partial charge in [0, 0.05) is 58.1 Å². The number of guanidine groups is 1. The number of halogens is 1. The Morgan fingerprint density at radius 2 is 1.80 bits per heavy atom. The van der Waals surface area contributed by atoms with E-state index in [1.165, 1.54) is 5.69 Å². The van der Waals surface area contributed by atoms with Crippen molar-refractivity contribution < 1.29 is 9.53 Å². The van der Waals surface area contributed by atoms with E-state index in [2.05, 4.69) is 37.6 Å². The second kappa shape index (κ2) is 11.6. The Labute approximate surface area is 195 Å². The number of carbonyl (C=O) groups is 1. The molecule has 7 nitrogen and oxygen atoms in total. The van der Waals surface area contributed by atoms with E-state index in [1.807, 2.05) is 36.4 Å². The minimum absolute atomic E-state index is 0. The molecule has 1 heterocycles. The van der Waals surface area contributed by atoms with Gasteiger partial charge in [-0.1, -0.05) is 12.1 Å². The zero-order chi connectivity index (χ0) is 20.6. The van der Waals surface area contributed by atoms with Crippen molar-refractivity contribution in [2.75, 3.05) is 52.3 Å². The summed E-state index contributed by atoms with van der Waals surface area (Å²) in [5.41, 5.74) is 2.92. The highest BCUT2D eigenvalue weighted by Crippen LogP contribution is 2.20. The Balaban J connectivity index is 0.00000320. The maximum absolute atomic E-state index is 11.8. The van der Waals surface area contributed by atoms with E-state index >= 15 is 0 Å². The molecule has 1 aliphatic heterocycles. The number of piperazine rings is 1. The molecule has 1 amide bonds. The lowest BCUT2D eigenvalue weighted by Gasteiger charge is -2.37. The summed E-state index contributed by atoms with van der Waals surface area (Å²) in [6.45, 7) is 4.27. The molecule has 8 heteroatoms. The second-order valence-electron chi connectivity index (χ2n) is 6.85. The van der Waals surface area contributed by atoms with E-state index in [4.69, 9.17) is 4.74 Å². The van der Waals surface area contributed by atoms with Crippen LogP contribution in [0.15, 0.2) is 53.5 Å². The topological polar surface area (TPSA) is 69.2 Å². The van der Waals surface area contributed by atoms with Gasteiger partial charge in [-0.3, -0.25) is 9.79 Å². The Bertz CT molecular complexity index is 849. The fourth-order valence-electron chi connectivity index (χ4n) is 3.45. The fourth-order valence-corrected chi connectivity index (χ4v) is 3.45. The minimum atomic E-state index is -0.0779. The number of anilines is 1. The molecule has 0 aromatic heterocycles. The SMILES string of the molecule is CN=C(NCc1cccc(C(=O)NC)c1)N1CCN(c2ccc(OC)cc2)CC1.I. The quantitative estimate of drug-likeness (QED) is 0.359. The monoisotopic (exact) mass is 523 g/mol. The molecule has 3 rings (SSSR count). The predicted molar refractivity (Wildman–Crippen MR) is 132 cm³/mol. The highest BCUT2D eigenvalue weighted by atomic mass is 127. The molecule has 1 aliphatic rings. The number of ether oxygens (including phenoxy) is 1. The van der Waals surface area contributed by atoms with Crippen molar-refractivity contribution in [1.29, 1.82) is 0 Å². The molecule has 1 fully saturated rings. The molecule has 0 radical (unpaired) electrons. The average molecular weight is 523 g/mol. The molecule has 1 saturated heterocycles. The van der Waals surface area contributed by atoms with Crippen LogP contribution in [0.2, 0.25) is 0 Å². The van der Waals surface area contributed by atoms with E-state index in [0.29, 0.717) is 12.1 Å². The summed E-state index contributed by atoms with van der Waals surface area (Å²) in [6, 6.07) is 15.8. The van der Waals surface area contributed by atoms with Crippen molar-refractivity contribution >= 4 is 41.5 Å². The van der Waals surface area contributed by atoms with Gasteiger partial charge in [0.2, 0.25) is 0 Å². The van der Waals surface area contributed by atoms with E-state index in [9.17, 15) is 4.79 Å². The molecule has 2 aromatic carbocycles. The number of amides is 1. The van der Waals surface area contributed by atoms with Gasteiger partial charge in [-0.05, 0) is 42.0 Å². The molecule has 0 atom stereocenters. The summed E-state index contributed by atoms with van der Waals surface area (Å²) in [5.74, 6) is 1.67. The number of aliphatic imine (C=N–C) groups is 1. The number of carbonyl (C=O) groups excluding carboxylic acids is 1. The molecule has 2 aromatic rings. The van der Waals surface area contributed by atoms with E-state index in [1.54, 1.807) is 21.2 Å². The summed E-state index contributed by atoms with van der Waals surface area (Å²) in [6.07, 6.45) is 0. The molecule has 162 valence electrons. The smallest absolute Gasteiger partial charge is 0.251 e. The summed E-state index contributed by atoms with van der Waals surface area (Å²) in [4.78, 5) is 20.9. The van der Waals surface area contributed by atoms with E-state index < -0.39 is 0 Å². The molecule has 0 saturated carbocycles. The number of rotatable bonds is 5. The first-order chi connectivity index (χ1) is 14.1. The van der Waals surface area contributed by atoms with Crippen LogP contribution >= 0.6 is 24.0 Å². The number of hydrogen-bond acceptors (Lipinski definition) is 4. The lowest BCUT2D eigenvalue weighted by Crippen LogP contribution is -2.52. The van der Waals surface area contributed by atoms with Crippen LogP contribution in [0.25, 0.3) is 0 Å². The van der Waals surface area contributed by atoms with Gasteiger partial charge in [-0.15, -0.1) is 24.0 Å². The van der Waals surface area contributed by atoms with Gasteiger partial charge < -0.3 is 25.2 Å². The summed E-state index contributed by atoms with van der Waals surface area (Å²) in [7, 11) is 5.13. The first-order valence-corrected chi connectivity index (χ1v) is 9.80. The van der Waals surface area contributed by atoms with Crippen molar-refractivity contribution in [2.45, 2.75) is 6.54 Å². The van der Waals surface area contributed by atoms with Gasteiger partial charge in [-0.2, -0.15) is 0 Å². The van der Waals surface area contributed by atoms with Crippen molar-refractivity contribution in [3.63, 3.8) is 0 Å².